The second kappa shape index (κ2) is 14.5. The number of sulfone groups is 1. The molecule has 2 unspecified atom stereocenters. The summed E-state index contributed by atoms with van der Waals surface area (Å²) in [5, 5.41) is 6.64. The Balaban J connectivity index is 0.00000361. The fourth-order valence-corrected chi connectivity index (χ4v) is 5.62. The van der Waals surface area contributed by atoms with Crippen molar-refractivity contribution in [3.05, 3.63) is 41.7 Å². The minimum atomic E-state index is -3.10. The fourth-order valence-electron chi connectivity index (χ4n) is 4.41. The molecule has 3 rings (SSSR count). The van der Waals surface area contributed by atoms with Crippen LogP contribution in [0, 0.1) is 11.8 Å². The Morgan fingerprint density at radius 3 is 2.55 bits per heavy atom. The van der Waals surface area contributed by atoms with E-state index in [0.29, 0.717) is 49.8 Å². The Hall–Kier alpha value is -1.88. The monoisotopic (exact) mass is 591 g/mol. The van der Waals surface area contributed by atoms with E-state index in [1.54, 1.807) is 19.4 Å². The van der Waals surface area contributed by atoms with E-state index in [1.165, 1.54) is 0 Å². The SMILES string of the molecule is CCS(=O)(=O)CC1CNCC(N(CC(C)C)C(=O)c2cnc(C(C)(C)C)nc2NCc2ccco2)C1.Cl.Cl. The summed E-state index contributed by atoms with van der Waals surface area (Å²) in [5.74, 6) is 2.16. The molecule has 2 aromatic rings. The standard InChI is InChI=1S/C26H41N5O4S.2ClH/c1-7-36(33,34)17-19-11-20(13-27-12-19)31(16-18(2)3)24(32)22-15-29-25(26(4,5)6)30-23(22)28-14-21-9-8-10-35-21;;/h8-10,15,18-20,27H,7,11-14,16-17H2,1-6H3,(H,28,29,30);2*1H. The number of aromatic nitrogens is 2. The first-order chi connectivity index (χ1) is 16.9. The van der Waals surface area contributed by atoms with Crippen LogP contribution in [0.2, 0.25) is 0 Å². The van der Waals surface area contributed by atoms with Gasteiger partial charge in [0.2, 0.25) is 0 Å². The molecular weight excluding hydrogens is 549 g/mol. The molecule has 1 aliphatic heterocycles. The van der Waals surface area contributed by atoms with E-state index < -0.39 is 9.84 Å². The normalized spacial score (nSPS) is 17.9. The highest BCUT2D eigenvalue weighted by molar-refractivity contribution is 7.91. The average molecular weight is 593 g/mol. The highest BCUT2D eigenvalue weighted by Crippen LogP contribution is 2.26. The summed E-state index contributed by atoms with van der Waals surface area (Å²) in [7, 11) is -3.10. The highest BCUT2D eigenvalue weighted by atomic mass is 35.5. The lowest BCUT2D eigenvalue weighted by Crippen LogP contribution is -2.53. The van der Waals surface area contributed by atoms with Crippen LogP contribution in [0.4, 0.5) is 5.82 Å². The van der Waals surface area contributed by atoms with Crippen molar-refractivity contribution in [3.63, 3.8) is 0 Å². The second-order valence-electron chi connectivity index (χ2n) is 11.1. The molecular formula is C26H43Cl2N5O4S. The molecule has 1 amide bonds. The van der Waals surface area contributed by atoms with Gasteiger partial charge in [0.1, 0.15) is 32.8 Å². The summed E-state index contributed by atoms with van der Waals surface area (Å²) >= 11 is 0. The molecule has 1 saturated heterocycles. The highest BCUT2D eigenvalue weighted by Gasteiger charge is 2.34. The summed E-state index contributed by atoms with van der Waals surface area (Å²) in [5.41, 5.74) is 0.115. The Kier molecular flexibility index (Phi) is 13.0. The molecule has 9 nitrogen and oxygen atoms in total. The zero-order valence-electron chi connectivity index (χ0n) is 23.2. The molecule has 0 radical (unpaired) electrons. The minimum Gasteiger partial charge on any atom is -0.467 e. The summed E-state index contributed by atoms with van der Waals surface area (Å²) in [6.07, 6.45) is 3.86. The van der Waals surface area contributed by atoms with E-state index in [4.69, 9.17) is 9.40 Å². The molecule has 2 N–H and O–H groups in total. The van der Waals surface area contributed by atoms with E-state index in [-0.39, 0.29) is 65.5 Å². The summed E-state index contributed by atoms with van der Waals surface area (Å²) in [6.45, 7) is 14.1. The van der Waals surface area contributed by atoms with Crippen LogP contribution < -0.4 is 10.6 Å². The number of anilines is 1. The molecule has 216 valence electrons. The maximum absolute atomic E-state index is 14.0. The topological polar surface area (TPSA) is 117 Å². The van der Waals surface area contributed by atoms with Crippen LogP contribution in [0.15, 0.2) is 29.0 Å². The van der Waals surface area contributed by atoms with Gasteiger partial charge in [-0.3, -0.25) is 4.79 Å². The van der Waals surface area contributed by atoms with Crippen molar-refractivity contribution in [2.45, 2.75) is 66.0 Å². The molecule has 1 aliphatic rings. The van der Waals surface area contributed by atoms with Gasteiger partial charge in [-0.25, -0.2) is 18.4 Å². The third-order valence-electron chi connectivity index (χ3n) is 6.31. The van der Waals surface area contributed by atoms with Crippen LogP contribution in [0.3, 0.4) is 0 Å². The number of nitrogens with zero attached hydrogens (tertiary/aromatic N) is 3. The van der Waals surface area contributed by atoms with Crippen molar-refractivity contribution >= 4 is 46.4 Å². The van der Waals surface area contributed by atoms with Gasteiger partial charge in [0, 0.05) is 36.5 Å². The molecule has 0 spiro atoms. The Morgan fingerprint density at radius 1 is 1.26 bits per heavy atom. The van der Waals surface area contributed by atoms with Crippen molar-refractivity contribution < 1.29 is 17.6 Å². The van der Waals surface area contributed by atoms with E-state index in [2.05, 4.69) is 29.5 Å². The molecule has 12 heteroatoms. The van der Waals surface area contributed by atoms with Crippen molar-refractivity contribution in [1.82, 2.24) is 20.2 Å². The van der Waals surface area contributed by atoms with Gasteiger partial charge >= 0.3 is 0 Å². The predicted molar refractivity (Wildman–Crippen MR) is 156 cm³/mol. The lowest BCUT2D eigenvalue weighted by Gasteiger charge is -2.39. The Morgan fingerprint density at radius 2 is 1.97 bits per heavy atom. The Bertz CT molecular complexity index is 1120. The number of hydrogen-bond acceptors (Lipinski definition) is 8. The predicted octanol–water partition coefficient (Wildman–Crippen LogP) is 4.33. The fraction of sp³-hybridized carbons (Fsp3) is 0.654. The van der Waals surface area contributed by atoms with Crippen LogP contribution in [0.25, 0.3) is 0 Å². The van der Waals surface area contributed by atoms with E-state index in [1.807, 2.05) is 37.8 Å². The van der Waals surface area contributed by atoms with Gasteiger partial charge in [-0.05, 0) is 36.9 Å². The largest absolute Gasteiger partial charge is 0.467 e. The molecule has 2 aromatic heterocycles. The van der Waals surface area contributed by atoms with Gasteiger partial charge < -0.3 is 20.0 Å². The molecule has 1 fully saturated rings. The average Bonchev–Trinajstić information content (AvgIpc) is 3.33. The number of piperidine rings is 1. The molecule has 2 atom stereocenters. The lowest BCUT2D eigenvalue weighted by atomic mass is 9.94. The van der Waals surface area contributed by atoms with Gasteiger partial charge in [-0.2, -0.15) is 0 Å². The smallest absolute Gasteiger partial charge is 0.259 e. The van der Waals surface area contributed by atoms with E-state index in [0.717, 1.165) is 5.76 Å². The maximum Gasteiger partial charge on any atom is 0.259 e. The number of carbonyl (C=O) groups excluding carboxylic acids is 1. The third-order valence-corrected chi connectivity index (χ3v) is 8.17. The summed E-state index contributed by atoms with van der Waals surface area (Å²) < 4.78 is 30.0. The number of hydrogen-bond donors (Lipinski definition) is 2. The van der Waals surface area contributed by atoms with Gasteiger partial charge in [0.25, 0.3) is 5.91 Å². The van der Waals surface area contributed by atoms with Crippen LogP contribution in [0.1, 0.15) is 69.9 Å². The van der Waals surface area contributed by atoms with E-state index in [9.17, 15) is 13.2 Å². The zero-order chi connectivity index (χ0) is 26.5. The maximum atomic E-state index is 14.0. The minimum absolute atomic E-state index is 0. The summed E-state index contributed by atoms with van der Waals surface area (Å²) in [4.78, 5) is 25.2. The molecule has 3 heterocycles. The number of nitrogens with one attached hydrogen (secondary N) is 2. The number of furan rings is 1. The molecule has 0 bridgehead atoms. The van der Waals surface area contributed by atoms with Gasteiger partial charge in [0.05, 0.1) is 18.6 Å². The lowest BCUT2D eigenvalue weighted by molar-refractivity contribution is 0.0595. The third kappa shape index (κ3) is 9.39. The molecule has 0 aliphatic carbocycles. The van der Waals surface area contributed by atoms with Crippen LogP contribution in [-0.2, 0) is 21.8 Å². The van der Waals surface area contributed by atoms with E-state index >= 15 is 0 Å². The van der Waals surface area contributed by atoms with Crippen LogP contribution in [0.5, 0.6) is 0 Å². The number of halogens is 2. The molecule has 38 heavy (non-hydrogen) atoms. The van der Waals surface area contributed by atoms with Gasteiger partial charge in [0.15, 0.2) is 0 Å². The van der Waals surface area contributed by atoms with Crippen molar-refractivity contribution in [1.29, 1.82) is 0 Å². The van der Waals surface area contributed by atoms with Crippen molar-refractivity contribution in [2.75, 3.05) is 36.5 Å². The first-order valence-electron chi connectivity index (χ1n) is 12.8. The van der Waals surface area contributed by atoms with Gasteiger partial charge in [-0.1, -0.05) is 41.5 Å². The molecule has 0 saturated carbocycles. The van der Waals surface area contributed by atoms with Crippen molar-refractivity contribution in [2.24, 2.45) is 11.8 Å². The second-order valence-corrected chi connectivity index (χ2v) is 13.5. The van der Waals surface area contributed by atoms with Crippen LogP contribution >= 0.6 is 24.8 Å². The first kappa shape index (κ1) is 34.1. The quantitative estimate of drug-likeness (QED) is 0.419. The number of amides is 1. The zero-order valence-corrected chi connectivity index (χ0v) is 25.6. The summed E-state index contributed by atoms with van der Waals surface area (Å²) in [6, 6.07) is 3.56. The number of carbonyl (C=O) groups is 1. The molecule has 0 aromatic carbocycles. The van der Waals surface area contributed by atoms with Crippen molar-refractivity contribution in [3.8, 4) is 0 Å². The first-order valence-corrected chi connectivity index (χ1v) is 14.6. The van der Waals surface area contributed by atoms with Crippen LogP contribution in [-0.4, -0.2) is 66.4 Å². The Labute approximate surface area is 239 Å². The van der Waals surface area contributed by atoms with Gasteiger partial charge in [-0.15, -0.1) is 24.8 Å². The number of rotatable bonds is 10.